The average Bonchev–Trinajstić information content (AvgIpc) is 3.43. The third-order valence-corrected chi connectivity index (χ3v) is 7.18. The van der Waals surface area contributed by atoms with Crippen molar-refractivity contribution in [3.8, 4) is 22.1 Å². The number of thiazole rings is 1. The molecule has 0 spiro atoms. The summed E-state index contributed by atoms with van der Waals surface area (Å²) < 4.78 is 10.8. The van der Waals surface area contributed by atoms with Gasteiger partial charge < -0.3 is 14.4 Å². The second-order valence-corrected chi connectivity index (χ2v) is 8.97. The van der Waals surface area contributed by atoms with Gasteiger partial charge in [0.1, 0.15) is 21.4 Å². The Morgan fingerprint density at radius 1 is 1.13 bits per heavy atom. The van der Waals surface area contributed by atoms with Crippen molar-refractivity contribution in [1.29, 1.82) is 0 Å². The van der Waals surface area contributed by atoms with Crippen LogP contribution in [0.25, 0.3) is 10.6 Å². The van der Waals surface area contributed by atoms with Crippen LogP contribution in [0.1, 0.15) is 20.9 Å². The molecule has 1 fully saturated rings. The molecule has 6 nitrogen and oxygen atoms in total. The van der Waals surface area contributed by atoms with Crippen molar-refractivity contribution >= 4 is 28.6 Å². The van der Waals surface area contributed by atoms with Crippen LogP contribution in [0, 0.1) is 6.92 Å². The van der Waals surface area contributed by atoms with E-state index in [9.17, 15) is 4.79 Å². The van der Waals surface area contributed by atoms with Crippen molar-refractivity contribution in [1.82, 2.24) is 14.8 Å². The Balaban J connectivity index is 1.40. The lowest BCUT2D eigenvalue weighted by Gasteiger charge is -2.34. The van der Waals surface area contributed by atoms with Gasteiger partial charge in [-0.05, 0) is 36.6 Å². The number of carbonyl (C=O) groups is 1. The highest BCUT2D eigenvalue weighted by Crippen LogP contribution is 2.31. The summed E-state index contributed by atoms with van der Waals surface area (Å²) >= 11 is 3.13. The monoisotopic (exact) mass is 443 g/mol. The number of carbonyl (C=O) groups excluding carboxylic acids is 1. The number of rotatable bonds is 6. The van der Waals surface area contributed by atoms with Gasteiger partial charge in [-0.2, -0.15) is 11.3 Å². The van der Waals surface area contributed by atoms with Gasteiger partial charge in [0, 0.05) is 49.2 Å². The summed E-state index contributed by atoms with van der Waals surface area (Å²) in [5.41, 5.74) is 2.99. The summed E-state index contributed by atoms with van der Waals surface area (Å²) in [6, 6.07) is 7.90. The van der Waals surface area contributed by atoms with E-state index < -0.39 is 0 Å². The van der Waals surface area contributed by atoms with Gasteiger partial charge in [-0.15, -0.1) is 11.3 Å². The van der Waals surface area contributed by atoms with E-state index in [0.29, 0.717) is 13.1 Å². The van der Waals surface area contributed by atoms with E-state index >= 15 is 0 Å². The number of aromatic nitrogens is 1. The maximum absolute atomic E-state index is 13.1. The second-order valence-electron chi connectivity index (χ2n) is 7.19. The minimum Gasteiger partial charge on any atom is -0.497 e. The molecule has 0 aliphatic carbocycles. The average molecular weight is 444 g/mol. The summed E-state index contributed by atoms with van der Waals surface area (Å²) in [6.45, 7) is 5.74. The molecule has 3 heterocycles. The lowest BCUT2D eigenvalue weighted by molar-refractivity contribution is 0.0631. The van der Waals surface area contributed by atoms with Gasteiger partial charge in [0.2, 0.25) is 0 Å². The number of nitrogens with zero attached hydrogens (tertiary/aromatic N) is 3. The van der Waals surface area contributed by atoms with Gasteiger partial charge in [-0.3, -0.25) is 9.69 Å². The lowest BCUT2D eigenvalue weighted by Crippen LogP contribution is -2.48. The molecule has 0 saturated carbocycles. The zero-order valence-corrected chi connectivity index (χ0v) is 19.0. The SMILES string of the molecule is COc1ccc(OC)c(CN2CCN(C(=O)c3sc(-c4ccsc4)nc3C)CC2)c1. The summed E-state index contributed by atoms with van der Waals surface area (Å²) in [5, 5.41) is 5.02. The van der Waals surface area contributed by atoms with Gasteiger partial charge in [0.25, 0.3) is 5.91 Å². The van der Waals surface area contributed by atoms with Crippen LogP contribution >= 0.6 is 22.7 Å². The summed E-state index contributed by atoms with van der Waals surface area (Å²) in [6.07, 6.45) is 0. The Kier molecular flexibility index (Phi) is 6.36. The first-order valence-electron chi connectivity index (χ1n) is 9.81. The Hall–Kier alpha value is -2.42. The van der Waals surface area contributed by atoms with Crippen molar-refractivity contribution in [3.05, 3.63) is 51.2 Å². The van der Waals surface area contributed by atoms with Crippen molar-refractivity contribution in [2.24, 2.45) is 0 Å². The number of aryl methyl sites for hydroxylation is 1. The number of methoxy groups -OCH3 is 2. The molecule has 0 atom stereocenters. The number of ether oxygens (including phenoxy) is 2. The Morgan fingerprint density at radius 2 is 1.93 bits per heavy atom. The molecule has 1 amide bonds. The highest BCUT2D eigenvalue weighted by molar-refractivity contribution is 7.17. The van der Waals surface area contributed by atoms with Crippen LogP contribution < -0.4 is 9.47 Å². The Morgan fingerprint density at radius 3 is 2.60 bits per heavy atom. The third-order valence-electron chi connectivity index (χ3n) is 5.30. The van der Waals surface area contributed by atoms with E-state index in [-0.39, 0.29) is 5.91 Å². The number of amides is 1. The molecule has 2 aromatic heterocycles. The van der Waals surface area contributed by atoms with Crippen molar-refractivity contribution in [3.63, 3.8) is 0 Å². The molecule has 3 aromatic rings. The van der Waals surface area contributed by atoms with Crippen molar-refractivity contribution in [2.45, 2.75) is 13.5 Å². The topological polar surface area (TPSA) is 54.9 Å². The Labute approximate surface area is 184 Å². The quantitative estimate of drug-likeness (QED) is 0.573. The second kappa shape index (κ2) is 9.16. The van der Waals surface area contributed by atoms with E-state index in [2.05, 4.69) is 15.3 Å². The van der Waals surface area contributed by atoms with Gasteiger partial charge in [-0.1, -0.05) is 0 Å². The van der Waals surface area contributed by atoms with Crippen LogP contribution in [0.4, 0.5) is 0 Å². The zero-order valence-electron chi connectivity index (χ0n) is 17.4. The van der Waals surface area contributed by atoms with Crippen LogP contribution in [0.2, 0.25) is 0 Å². The fourth-order valence-electron chi connectivity index (χ4n) is 3.60. The minimum atomic E-state index is 0.0880. The molecule has 30 heavy (non-hydrogen) atoms. The van der Waals surface area contributed by atoms with Crippen LogP contribution in [-0.4, -0.2) is 61.1 Å². The van der Waals surface area contributed by atoms with Crippen LogP contribution in [0.15, 0.2) is 35.0 Å². The number of thiophene rings is 1. The van der Waals surface area contributed by atoms with Gasteiger partial charge in [0.15, 0.2) is 0 Å². The van der Waals surface area contributed by atoms with E-state index in [4.69, 9.17) is 9.47 Å². The predicted octanol–water partition coefficient (Wildman–Crippen LogP) is 4.16. The summed E-state index contributed by atoms with van der Waals surface area (Å²) in [7, 11) is 3.35. The van der Waals surface area contributed by atoms with Crippen LogP contribution in [0.3, 0.4) is 0 Å². The van der Waals surface area contributed by atoms with Crippen LogP contribution in [-0.2, 0) is 6.54 Å². The molecular weight excluding hydrogens is 418 g/mol. The molecule has 1 aromatic carbocycles. The minimum absolute atomic E-state index is 0.0880. The standard InChI is InChI=1S/C22H25N3O3S2/c1-15-20(30-21(23-15)16-6-11-29-14-16)22(26)25-9-7-24(8-10-25)13-17-12-18(27-2)4-5-19(17)28-3/h4-6,11-12,14H,7-10,13H2,1-3H3. The number of benzene rings is 1. The van der Waals surface area contributed by atoms with E-state index in [1.165, 1.54) is 11.3 Å². The smallest absolute Gasteiger partial charge is 0.265 e. The molecule has 0 radical (unpaired) electrons. The van der Waals surface area contributed by atoms with E-state index in [1.54, 1.807) is 25.6 Å². The molecule has 1 aliphatic heterocycles. The number of hydrogen-bond acceptors (Lipinski definition) is 7. The molecule has 0 unspecified atom stereocenters. The molecule has 158 valence electrons. The largest absolute Gasteiger partial charge is 0.497 e. The molecule has 8 heteroatoms. The first-order valence-corrected chi connectivity index (χ1v) is 11.6. The van der Waals surface area contributed by atoms with Crippen molar-refractivity contribution < 1.29 is 14.3 Å². The maximum atomic E-state index is 13.1. The molecule has 4 rings (SSSR count). The number of hydrogen-bond donors (Lipinski definition) is 0. The molecule has 0 N–H and O–H groups in total. The first-order chi connectivity index (χ1) is 14.6. The van der Waals surface area contributed by atoms with E-state index in [1.807, 2.05) is 41.5 Å². The summed E-state index contributed by atoms with van der Waals surface area (Å²) in [5.74, 6) is 1.77. The lowest BCUT2D eigenvalue weighted by atomic mass is 10.1. The third kappa shape index (κ3) is 4.35. The molecular formula is C22H25N3O3S2. The highest BCUT2D eigenvalue weighted by atomic mass is 32.1. The van der Waals surface area contributed by atoms with Gasteiger partial charge in [-0.25, -0.2) is 4.98 Å². The fraction of sp³-hybridized carbons (Fsp3) is 0.364. The first kappa shape index (κ1) is 20.8. The van der Waals surface area contributed by atoms with E-state index in [0.717, 1.165) is 57.8 Å². The molecule has 1 saturated heterocycles. The normalized spacial score (nSPS) is 14.7. The van der Waals surface area contributed by atoms with Gasteiger partial charge in [0.05, 0.1) is 19.9 Å². The zero-order chi connectivity index (χ0) is 21.1. The summed E-state index contributed by atoms with van der Waals surface area (Å²) in [4.78, 5) is 22.7. The molecule has 1 aliphatic rings. The predicted molar refractivity (Wildman–Crippen MR) is 121 cm³/mol. The van der Waals surface area contributed by atoms with Crippen LogP contribution in [0.5, 0.6) is 11.5 Å². The van der Waals surface area contributed by atoms with Crippen molar-refractivity contribution in [2.75, 3.05) is 40.4 Å². The number of piperazine rings is 1. The molecule has 0 bridgehead atoms. The fourth-order valence-corrected chi connectivity index (χ4v) is 5.35. The maximum Gasteiger partial charge on any atom is 0.265 e. The highest BCUT2D eigenvalue weighted by Gasteiger charge is 2.26. The van der Waals surface area contributed by atoms with Gasteiger partial charge >= 0.3 is 0 Å². The Bertz CT molecular complexity index is 1010.